The van der Waals surface area contributed by atoms with E-state index < -0.39 is 0 Å². The average molecular weight is 417 g/mol. The quantitative estimate of drug-likeness (QED) is 0.507. The van der Waals surface area contributed by atoms with Crippen LogP contribution in [0.4, 0.5) is 0 Å². The van der Waals surface area contributed by atoms with E-state index in [1.807, 2.05) is 0 Å². The molecule has 1 spiro atoms. The zero-order valence-corrected chi connectivity index (χ0v) is 18.9. The molecule has 3 heteroatoms. The van der Waals surface area contributed by atoms with E-state index in [4.69, 9.17) is 9.73 Å². The van der Waals surface area contributed by atoms with Crippen LogP contribution in [0.2, 0.25) is 0 Å². The van der Waals surface area contributed by atoms with Gasteiger partial charge in [0.15, 0.2) is 0 Å². The molecule has 0 aromatic heterocycles. The van der Waals surface area contributed by atoms with Gasteiger partial charge in [0.25, 0.3) is 0 Å². The van der Waals surface area contributed by atoms with Gasteiger partial charge in [0, 0.05) is 0 Å². The normalized spacial score (nSPS) is 28.2. The summed E-state index contributed by atoms with van der Waals surface area (Å²) in [6.45, 7) is 0. The lowest BCUT2D eigenvalue weighted by atomic mass is 9.92. The molecule has 5 rings (SSSR count). The molecule has 2 heterocycles. The van der Waals surface area contributed by atoms with E-state index in [2.05, 4.69) is 59.5 Å². The Bertz CT molecular complexity index is 877. The first-order valence-electron chi connectivity index (χ1n) is 12.4. The zero-order valence-electron chi connectivity index (χ0n) is 18.9. The second-order valence-electron chi connectivity index (χ2n) is 9.60. The fraction of sp³-hybridized carbons (Fsp3) is 0.536. The van der Waals surface area contributed by atoms with Gasteiger partial charge in [-0.25, -0.2) is 0 Å². The van der Waals surface area contributed by atoms with Crippen LogP contribution in [0.3, 0.4) is 0 Å². The van der Waals surface area contributed by atoms with E-state index in [1.165, 1.54) is 87.5 Å². The summed E-state index contributed by atoms with van der Waals surface area (Å²) in [6, 6.07) is 20.5. The Balaban J connectivity index is 1.48. The minimum absolute atomic E-state index is 0.0143. The molecule has 3 nitrogen and oxygen atoms in total. The van der Waals surface area contributed by atoms with Gasteiger partial charge in [0.1, 0.15) is 11.4 Å². The maximum atomic E-state index is 5.54. The highest BCUT2D eigenvalue weighted by Crippen LogP contribution is 2.58. The first-order valence-corrected chi connectivity index (χ1v) is 12.4. The molecule has 2 fully saturated rings. The van der Waals surface area contributed by atoms with Crippen molar-refractivity contribution in [1.29, 1.82) is 0 Å². The van der Waals surface area contributed by atoms with Gasteiger partial charge in [-0.3, -0.25) is 9.89 Å². The van der Waals surface area contributed by atoms with Crippen molar-refractivity contribution in [3.05, 3.63) is 65.7 Å². The highest BCUT2D eigenvalue weighted by atomic mass is 16.5. The second kappa shape index (κ2) is 9.16. The number of hydrogen-bond acceptors (Lipinski definition) is 3. The van der Waals surface area contributed by atoms with Crippen LogP contribution in [0, 0.1) is 0 Å². The molecule has 3 atom stereocenters. The third-order valence-electron chi connectivity index (χ3n) is 7.58. The summed E-state index contributed by atoms with van der Waals surface area (Å²) < 4.78 is 5.40. The lowest BCUT2D eigenvalue weighted by molar-refractivity contribution is 0.182. The summed E-state index contributed by atoms with van der Waals surface area (Å²) in [5.41, 5.74) is 3.99. The number of ether oxygens (including phenoxy) is 1. The molecule has 0 amide bonds. The molecule has 1 unspecified atom stereocenters. The lowest BCUT2D eigenvalue weighted by Crippen LogP contribution is -2.34. The van der Waals surface area contributed by atoms with Crippen LogP contribution in [-0.2, 0) is 0 Å². The third-order valence-corrected chi connectivity index (χ3v) is 7.58. The van der Waals surface area contributed by atoms with Crippen molar-refractivity contribution in [3.63, 3.8) is 0 Å². The molecular weight excluding hydrogens is 380 g/mol. The Labute approximate surface area is 187 Å². The number of benzene rings is 2. The Morgan fingerprint density at radius 2 is 1.32 bits per heavy atom. The number of hydrogen-bond donors (Lipinski definition) is 0. The topological polar surface area (TPSA) is 24.6 Å². The molecule has 31 heavy (non-hydrogen) atoms. The lowest BCUT2D eigenvalue weighted by Gasteiger charge is -2.31. The van der Waals surface area contributed by atoms with Crippen LogP contribution in [0.1, 0.15) is 87.8 Å². The van der Waals surface area contributed by atoms with E-state index in [0.717, 1.165) is 5.75 Å². The highest BCUT2D eigenvalue weighted by Gasteiger charge is 2.64. The Morgan fingerprint density at radius 3 is 1.90 bits per heavy atom. The fourth-order valence-electron chi connectivity index (χ4n) is 5.92. The SMILES string of the molecule is COc1ccc(C2=NC3(CCCCCCCCCCC3)N3[C@H](c4ccccc4)[C@H]23)cc1. The van der Waals surface area contributed by atoms with Gasteiger partial charge in [0.2, 0.25) is 0 Å². The van der Waals surface area contributed by atoms with Gasteiger partial charge in [0.05, 0.1) is 24.9 Å². The number of fused-ring (bicyclic) bond motifs is 2. The van der Waals surface area contributed by atoms with Gasteiger partial charge in [-0.2, -0.15) is 0 Å². The summed E-state index contributed by atoms with van der Waals surface area (Å²) in [7, 11) is 1.73. The first-order chi connectivity index (χ1) is 15.3. The smallest absolute Gasteiger partial charge is 0.118 e. The second-order valence-corrected chi connectivity index (χ2v) is 9.60. The fourth-order valence-corrected chi connectivity index (χ4v) is 5.92. The summed E-state index contributed by atoms with van der Waals surface area (Å²) in [5, 5.41) is 0. The Kier molecular flexibility index (Phi) is 6.13. The molecule has 1 saturated carbocycles. The zero-order chi connectivity index (χ0) is 21.1. The molecule has 1 aliphatic carbocycles. The number of rotatable bonds is 3. The van der Waals surface area contributed by atoms with Crippen molar-refractivity contribution in [2.45, 2.75) is 88.4 Å². The maximum absolute atomic E-state index is 5.54. The minimum atomic E-state index is -0.0143. The van der Waals surface area contributed by atoms with E-state index in [9.17, 15) is 0 Å². The molecule has 2 aromatic rings. The first kappa shape index (κ1) is 20.8. The van der Waals surface area contributed by atoms with Crippen LogP contribution in [0.25, 0.3) is 0 Å². The Morgan fingerprint density at radius 1 is 0.742 bits per heavy atom. The molecule has 2 aromatic carbocycles. The maximum Gasteiger partial charge on any atom is 0.118 e. The van der Waals surface area contributed by atoms with Crippen LogP contribution >= 0.6 is 0 Å². The van der Waals surface area contributed by atoms with E-state index in [1.54, 1.807) is 7.11 Å². The number of nitrogens with zero attached hydrogens (tertiary/aromatic N) is 2. The summed E-state index contributed by atoms with van der Waals surface area (Å²) in [5.74, 6) is 0.912. The van der Waals surface area contributed by atoms with Gasteiger partial charge >= 0.3 is 0 Å². The van der Waals surface area contributed by atoms with Gasteiger partial charge in [-0.1, -0.05) is 75.3 Å². The number of methoxy groups -OCH3 is 1. The number of aliphatic imine (C=N–C) groups is 1. The molecule has 3 aliphatic rings. The standard InChI is InChI=1S/C28H36N2O/c1-31-24-18-16-22(17-19-24)25-27-26(23-14-10-9-11-15-23)30(27)28(29-25)20-12-7-5-3-2-4-6-8-13-21-28/h9-11,14-19,26-27H,2-8,12-13,20-21H2,1H3/t26-,27+,30?/m1/s1. The predicted octanol–water partition coefficient (Wildman–Crippen LogP) is 6.92. The van der Waals surface area contributed by atoms with Crippen molar-refractivity contribution in [3.8, 4) is 5.75 Å². The van der Waals surface area contributed by atoms with Crippen molar-refractivity contribution >= 4 is 5.71 Å². The summed E-state index contributed by atoms with van der Waals surface area (Å²) in [4.78, 5) is 8.30. The molecule has 164 valence electrons. The van der Waals surface area contributed by atoms with Crippen molar-refractivity contribution in [2.24, 2.45) is 4.99 Å². The van der Waals surface area contributed by atoms with Crippen molar-refractivity contribution in [1.82, 2.24) is 4.90 Å². The predicted molar refractivity (Wildman–Crippen MR) is 128 cm³/mol. The van der Waals surface area contributed by atoms with Crippen LogP contribution in [0.15, 0.2) is 59.6 Å². The summed E-state index contributed by atoms with van der Waals surface area (Å²) in [6.07, 6.45) is 14.7. The molecular formula is C28H36N2O. The van der Waals surface area contributed by atoms with Crippen LogP contribution in [0.5, 0.6) is 5.75 Å². The minimum Gasteiger partial charge on any atom is -0.497 e. The monoisotopic (exact) mass is 416 g/mol. The highest BCUT2D eigenvalue weighted by molar-refractivity contribution is 6.08. The van der Waals surface area contributed by atoms with E-state index in [-0.39, 0.29) is 5.66 Å². The van der Waals surface area contributed by atoms with Gasteiger partial charge in [-0.15, -0.1) is 0 Å². The van der Waals surface area contributed by atoms with E-state index >= 15 is 0 Å². The largest absolute Gasteiger partial charge is 0.497 e. The van der Waals surface area contributed by atoms with Crippen LogP contribution < -0.4 is 4.74 Å². The molecule has 2 aliphatic heterocycles. The van der Waals surface area contributed by atoms with Gasteiger partial charge in [-0.05, 0) is 61.1 Å². The van der Waals surface area contributed by atoms with Crippen molar-refractivity contribution in [2.75, 3.05) is 7.11 Å². The third kappa shape index (κ3) is 4.17. The van der Waals surface area contributed by atoms with Crippen molar-refractivity contribution < 1.29 is 4.74 Å². The van der Waals surface area contributed by atoms with Gasteiger partial charge < -0.3 is 4.74 Å². The van der Waals surface area contributed by atoms with E-state index in [0.29, 0.717) is 12.1 Å². The summed E-state index contributed by atoms with van der Waals surface area (Å²) >= 11 is 0. The molecule has 0 bridgehead atoms. The Hall–Kier alpha value is -2.13. The average Bonchev–Trinajstić information content (AvgIpc) is 3.48. The molecule has 1 saturated heterocycles. The molecule has 0 radical (unpaired) electrons. The molecule has 0 N–H and O–H groups in total. The van der Waals surface area contributed by atoms with Crippen LogP contribution in [-0.4, -0.2) is 29.4 Å².